The number of aryl methyl sites for hydroxylation is 1. The van der Waals surface area contributed by atoms with Gasteiger partial charge in [-0.25, -0.2) is 0 Å². The molecule has 0 radical (unpaired) electrons. The molecule has 2 aliphatic heterocycles. The maximum absolute atomic E-state index is 13.0. The van der Waals surface area contributed by atoms with Gasteiger partial charge in [0.15, 0.2) is 0 Å². The zero-order chi connectivity index (χ0) is 25.5. The molecule has 4 rings (SSSR count). The maximum Gasteiger partial charge on any atom is 0.294 e. The number of rotatable bonds is 5. The van der Waals surface area contributed by atoms with Gasteiger partial charge in [0.25, 0.3) is 11.1 Å². The Labute approximate surface area is 211 Å². The molecule has 2 aliphatic rings. The van der Waals surface area contributed by atoms with Crippen molar-refractivity contribution in [2.75, 3.05) is 16.8 Å². The first-order valence-electron chi connectivity index (χ1n) is 12.0. The van der Waals surface area contributed by atoms with Gasteiger partial charge in [0.1, 0.15) is 6.54 Å². The molecule has 1 atom stereocenters. The van der Waals surface area contributed by atoms with E-state index in [4.69, 9.17) is 0 Å². The normalized spacial score (nSPS) is 20.5. The molecule has 0 aliphatic carbocycles. The van der Waals surface area contributed by atoms with E-state index in [1.54, 1.807) is 18.2 Å². The van der Waals surface area contributed by atoms with E-state index in [1.807, 2.05) is 25.1 Å². The molecule has 184 valence electrons. The van der Waals surface area contributed by atoms with Gasteiger partial charge in [-0.3, -0.25) is 19.3 Å². The van der Waals surface area contributed by atoms with Crippen molar-refractivity contribution in [2.24, 2.45) is 0 Å². The first kappa shape index (κ1) is 25.0. The van der Waals surface area contributed by atoms with Gasteiger partial charge in [-0.05, 0) is 106 Å². The maximum atomic E-state index is 13.0. The van der Waals surface area contributed by atoms with Crippen LogP contribution in [0.15, 0.2) is 47.4 Å². The molecule has 1 fully saturated rings. The number of hydrogen-bond donors (Lipinski definition) is 1. The molecule has 3 amide bonds. The van der Waals surface area contributed by atoms with Gasteiger partial charge in [0.05, 0.1) is 4.91 Å². The van der Waals surface area contributed by atoms with Gasteiger partial charge in [-0.1, -0.05) is 25.1 Å². The minimum absolute atomic E-state index is 0.0531. The summed E-state index contributed by atoms with van der Waals surface area (Å²) in [5.41, 5.74) is 5.15. The number of nitrogens with one attached hydrogen (secondary N) is 1. The standard InChI is InChI=1S/C28H33N3O3S/c1-17(2)31-23-12-18(3)20(13-22(23)19(4)15-28(31,5)6)14-24-26(33)30(27(34)35-24)16-25(32)29-21-10-8-7-9-11-21/h7-14,17,19H,15-16H2,1-6H3,(H,29,32)/b24-14-/t19-/m1/s1. The molecule has 0 bridgehead atoms. The number of para-hydroxylation sites is 1. The van der Waals surface area contributed by atoms with Crippen molar-refractivity contribution in [3.8, 4) is 0 Å². The predicted octanol–water partition coefficient (Wildman–Crippen LogP) is 6.17. The molecule has 6 nitrogen and oxygen atoms in total. The van der Waals surface area contributed by atoms with Crippen LogP contribution < -0.4 is 10.2 Å². The predicted molar refractivity (Wildman–Crippen MR) is 144 cm³/mol. The SMILES string of the molecule is Cc1cc2c(cc1/C=C1\SC(=O)N(CC(=O)Nc3ccccc3)C1=O)[C@H](C)CC(C)(C)N2C(C)C. The fourth-order valence-corrected chi connectivity index (χ4v) is 6.22. The Morgan fingerprint density at radius 2 is 1.89 bits per heavy atom. The lowest BCUT2D eigenvalue weighted by Crippen LogP contribution is -2.51. The van der Waals surface area contributed by atoms with Crippen molar-refractivity contribution in [1.29, 1.82) is 0 Å². The van der Waals surface area contributed by atoms with Crippen LogP contribution in [0.25, 0.3) is 6.08 Å². The van der Waals surface area contributed by atoms with Crippen molar-refractivity contribution in [2.45, 2.75) is 65.5 Å². The number of anilines is 2. The van der Waals surface area contributed by atoms with Crippen molar-refractivity contribution < 1.29 is 14.4 Å². The van der Waals surface area contributed by atoms with E-state index in [9.17, 15) is 14.4 Å². The Hall–Kier alpha value is -3.06. The van der Waals surface area contributed by atoms with Crippen molar-refractivity contribution in [3.63, 3.8) is 0 Å². The van der Waals surface area contributed by atoms with Crippen LogP contribution >= 0.6 is 11.8 Å². The van der Waals surface area contributed by atoms with Gasteiger partial charge < -0.3 is 10.2 Å². The summed E-state index contributed by atoms with van der Waals surface area (Å²) >= 11 is 0.885. The zero-order valence-electron chi connectivity index (χ0n) is 21.2. The number of imide groups is 1. The van der Waals surface area contributed by atoms with E-state index in [1.165, 1.54) is 11.3 Å². The average Bonchev–Trinajstić information content (AvgIpc) is 3.02. The summed E-state index contributed by atoms with van der Waals surface area (Å²) in [6.07, 6.45) is 2.83. The molecule has 0 spiro atoms. The highest BCUT2D eigenvalue weighted by Gasteiger charge is 2.39. The molecule has 0 aromatic heterocycles. The average molecular weight is 492 g/mol. The van der Waals surface area contributed by atoms with Gasteiger partial charge in [0, 0.05) is 23.0 Å². The molecule has 1 N–H and O–H groups in total. The van der Waals surface area contributed by atoms with Crippen LogP contribution in [0.1, 0.15) is 63.6 Å². The molecule has 2 heterocycles. The zero-order valence-corrected chi connectivity index (χ0v) is 22.0. The van der Waals surface area contributed by atoms with E-state index in [0.29, 0.717) is 22.6 Å². The van der Waals surface area contributed by atoms with Crippen LogP contribution in [-0.4, -0.2) is 40.1 Å². The molecule has 0 unspecified atom stereocenters. The lowest BCUT2D eigenvalue weighted by atomic mass is 9.78. The second kappa shape index (κ2) is 9.53. The fourth-order valence-electron chi connectivity index (χ4n) is 5.39. The summed E-state index contributed by atoms with van der Waals surface area (Å²) < 4.78 is 0. The highest BCUT2D eigenvalue weighted by molar-refractivity contribution is 8.18. The molecule has 0 saturated carbocycles. The molecular weight excluding hydrogens is 458 g/mol. The first-order chi connectivity index (χ1) is 16.5. The summed E-state index contributed by atoms with van der Waals surface area (Å²) in [5.74, 6) is -0.465. The quantitative estimate of drug-likeness (QED) is 0.507. The van der Waals surface area contributed by atoms with Crippen LogP contribution in [-0.2, 0) is 9.59 Å². The van der Waals surface area contributed by atoms with Crippen molar-refractivity contribution in [3.05, 3.63) is 64.1 Å². The van der Waals surface area contributed by atoms with Crippen LogP contribution in [0.4, 0.5) is 16.2 Å². The van der Waals surface area contributed by atoms with Gasteiger partial charge in [-0.2, -0.15) is 0 Å². The lowest BCUT2D eigenvalue weighted by Gasteiger charge is -2.50. The van der Waals surface area contributed by atoms with E-state index in [-0.39, 0.29) is 12.1 Å². The summed E-state index contributed by atoms with van der Waals surface area (Å²) in [6, 6.07) is 13.7. The first-order valence-corrected chi connectivity index (χ1v) is 12.8. The van der Waals surface area contributed by atoms with E-state index < -0.39 is 17.1 Å². The Balaban J connectivity index is 1.58. The number of benzene rings is 2. The number of hydrogen-bond acceptors (Lipinski definition) is 5. The second-order valence-electron chi connectivity index (χ2n) is 10.3. The molecule has 2 aromatic rings. The fraction of sp³-hybridized carbons (Fsp3) is 0.393. The molecule has 2 aromatic carbocycles. The molecular formula is C28H33N3O3S. The van der Waals surface area contributed by atoms with E-state index >= 15 is 0 Å². The Morgan fingerprint density at radius 1 is 1.20 bits per heavy atom. The smallest absolute Gasteiger partial charge is 0.294 e. The third-order valence-corrected chi connectivity index (χ3v) is 7.61. The van der Waals surface area contributed by atoms with Crippen LogP contribution in [0.5, 0.6) is 0 Å². The van der Waals surface area contributed by atoms with Crippen LogP contribution in [0.3, 0.4) is 0 Å². The third-order valence-electron chi connectivity index (χ3n) is 6.70. The van der Waals surface area contributed by atoms with E-state index in [2.05, 4.69) is 57.0 Å². The number of carbonyl (C=O) groups is 3. The van der Waals surface area contributed by atoms with Crippen LogP contribution in [0, 0.1) is 6.92 Å². The Kier molecular flexibility index (Phi) is 6.82. The van der Waals surface area contributed by atoms with Crippen molar-refractivity contribution >= 4 is 46.3 Å². The van der Waals surface area contributed by atoms with E-state index in [0.717, 1.165) is 34.2 Å². The van der Waals surface area contributed by atoms with Gasteiger partial charge in [-0.15, -0.1) is 0 Å². The number of carbonyl (C=O) groups excluding carboxylic acids is 3. The summed E-state index contributed by atoms with van der Waals surface area (Å²) in [5, 5.41) is 2.29. The van der Waals surface area contributed by atoms with Crippen molar-refractivity contribution in [1.82, 2.24) is 4.90 Å². The minimum atomic E-state index is -0.432. The number of amides is 3. The second-order valence-corrected chi connectivity index (χ2v) is 11.3. The highest BCUT2D eigenvalue weighted by Crippen LogP contribution is 2.46. The topological polar surface area (TPSA) is 69.7 Å². The lowest BCUT2D eigenvalue weighted by molar-refractivity contribution is -0.127. The molecule has 35 heavy (non-hydrogen) atoms. The van der Waals surface area contributed by atoms with Crippen LogP contribution in [0.2, 0.25) is 0 Å². The monoisotopic (exact) mass is 491 g/mol. The molecule has 7 heteroatoms. The number of fused-ring (bicyclic) bond motifs is 1. The Morgan fingerprint density at radius 3 is 2.54 bits per heavy atom. The minimum Gasteiger partial charge on any atom is -0.364 e. The number of nitrogens with zero attached hydrogens (tertiary/aromatic N) is 2. The van der Waals surface area contributed by atoms with Gasteiger partial charge >= 0.3 is 0 Å². The third kappa shape index (κ3) is 5.01. The largest absolute Gasteiger partial charge is 0.364 e. The Bertz CT molecular complexity index is 1200. The summed E-state index contributed by atoms with van der Waals surface area (Å²) in [7, 11) is 0. The summed E-state index contributed by atoms with van der Waals surface area (Å²) in [4.78, 5) is 41.9. The highest BCUT2D eigenvalue weighted by atomic mass is 32.2. The summed E-state index contributed by atoms with van der Waals surface area (Å²) in [6.45, 7) is 13.0. The number of thioether (sulfide) groups is 1. The molecule has 1 saturated heterocycles. The van der Waals surface area contributed by atoms with Gasteiger partial charge in [0.2, 0.25) is 5.91 Å².